The van der Waals surface area contributed by atoms with Gasteiger partial charge in [0.1, 0.15) is 0 Å². The molecule has 1 rings (SSSR count). The molecule has 0 saturated carbocycles. The Bertz CT molecular complexity index is 262. The Labute approximate surface area is 118 Å². The molecule has 19 heavy (non-hydrogen) atoms. The Morgan fingerprint density at radius 2 is 2.05 bits per heavy atom. The number of hydrogen-bond acceptors (Lipinski definition) is 3. The third-order valence-corrected chi connectivity index (χ3v) is 4.39. The van der Waals surface area contributed by atoms with E-state index in [0.29, 0.717) is 0 Å². The highest BCUT2D eigenvalue weighted by atomic mass is 16.2. The number of nitrogens with zero attached hydrogens (tertiary/aromatic N) is 1. The minimum atomic E-state index is -0.360. The van der Waals surface area contributed by atoms with Crippen LogP contribution >= 0.6 is 0 Å². The molecule has 1 fully saturated rings. The Morgan fingerprint density at radius 1 is 1.42 bits per heavy atom. The SMILES string of the molecule is CCC(C)C(N)C(=O)NCCCN1CCC(C)CC1. The van der Waals surface area contributed by atoms with Crippen molar-refractivity contribution in [2.75, 3.05) is 26.2 Å². The normalized spacial score (nSPS) is 21.1. The van der Waals surface area contributed by atoms with Gasteiger partial charge in [-0.25, -0.2) is 0 Å². The lowest BCUT2D eigenvalue weighted by molar-refractivity contribution is -0.123. The van der Waals surface area contributed by atoms with Crippen molar-refractivity contribution >= 4 is 5.91 Å². The summed E-state index contributed by atoms with van der Waals surface area (Å²) in [6.45, 7) is 10.7. The molecule has 4 nitrogen and oxygen atoms in total. The average molecular weight is 269 g/mol. The first-order valence-corrected chi connectivity index (χ1v) is 7.80. The molecule has 1 aliphatic rings. The van der Waals surface area contributed by atoms with Crippen molar-refractivity contribution in [3.63, 3.8) is 0 Å². The van der Waals surface area contributed by atoms with Gasteiger partial charge in [-0.3, -0.25) is 4.79 Å². The van der Waals surface area contributed by atoms with Gasteiger partial charge in [-0.05, 0) is 50.7 Å². The second-order valence-electron chi connectivity index (χ2n) is 6.08. The van der Waals surface area contributed by atoms with Gasteiger partial charge in [0.2, 0.25) is 5.91 Å². The molecule has 0 aromatic carbocycles. The lowest BCUT2D eigenvalue weighted by atomic mass is 9.99. The van der Waals surface area contributed by atoms with E-state index in [1.165, 1.54) is 25.9 Å². The third kappa shape index (κ3) is 5.91. The van der Waals surface area contributed by atoms with E-state index in [9.17, 15) is 4.79 Å². The number of rotatable bonds is 7. The average Bonchev–Trinajstić information content (AvgIpc) is 2.43. The Morgan fingerprint density at radius 3 is 2.63 bits per heavy atom. The number of nitrogens with one attached hydrogen (secondary N) is 1. The van der Waals surface area contributed by atoms with Crippen molar-refractivity contribution in [2.45, 2.75) is 52.5 Å². The van der Waals surface area contributed by atoms with E-state index < -0.39 is 0 Å². The molecule has 1 aliphatic heterocycles. The summed E-state index contributed by atoms with van der Waals surface area (Å²) in [7, 11) is 0. The summed E-state index contributed by atoms with van der Waals surface area (Å²) in [5, 5.41) is 2.96. The van der Waals surface area contributed by atoms with Crippen LogP contribution in [0.2, 0.25) is 0 Å². The lowest BCUT2D eigenvalue weighted by Gasteiger charge is -2.30. The van der Waals surface area contributed by atoms with Gasteiger partial charge in [0, 0.05) is 6.54 Å². The highest BCUT2D eigenvalue weighted by Gasteiger charge is 2.19. The minimum absolute atomic E-state index is 0.00150. The number of carbonyl (C=O) groups excluding carboxylic acids is 1. The molecule has 0 spiro atoms. The van der Waals surface area contributed by atoms with Crippen LogP contribution in [0.1, 0.15) is 46.5 Å². The van der Waals surface area contributed by atoms with Crippen molar-refractivity contribution < 1.29 is 4.79 Å². The van der Waals surface area contributed by atoms with E-state index in [-0.39, 0.29) is 17.9 Å². The number of nitrogens with two attached hydrogens (primary N) is 1. The number of amides is 1. The number of likely N-dealkylation sites (tertiary alicyclic amines) is 1. The second kappa shape index (κ2) is 8.54. The molecule has 0 aliphatic carbocycles. The molecule has 4 heteroatoms. The summed E-state index contributed by atoms with van der Waals surface area (Å²) in [6.07, 6.45) is 4.59. The van der Waals surface area contributed by atoms with Gasteiger partial charge >= 0.3 is 0 Å². The topological polar surface area (TPSA) is 58.4 Å². The third-order valence-electron chi connectivity index (χ3n) is 4.39. The molecule has 0 radical (unpaired) electrons. The number of carbonyl (C=O) groups is 1. The molecule has 1 amide bonds. The zero-order valence-corrected chi connectivity index (χ0v) is 12.8. The van der Waals surface area contributed by atoms with E-state index in [4.69, 9.17) is 5.73 Å². The quantitative estimate of drug-likeness (QED) is 0.690. The van der Waals surface area contributed by atoms with Crippen LogP contribution in [-0.2, 0) is 4.79 Å². The van der Waals surface area contributed by atoms with E-state index in [1.807, 2.05) is 6.92 Å². The van der Waals surface area contributed by atoms with Gasteiger partial charge in [0.25, 0.3) is 0 Å². The van der Waals surface area contributed by atoms with Crippen LogP contribution in [0, 0.1) is 11.8 Å². The van der Waals surface area contributed by atoms with E-state index >= 15 is 0 Å². The highest BCUT2D eigenvalue weighted by Crippen LogP contribution is 2.15. The van der Waals surface area contributed by atoms with Crippen molar-refractivity contribution in [3.05, 3.63) is 0 Å². The van der Waals surface area contributed by atoms with Gasteiger partial charge in [-0.2, -0.15) is 0 Å². The molecule has 112 valence electrons. The second-order valence-corrected chi connectivity index (χ2v) is 6.08. The van der Waals surface area contributed by atoms with Crippen molar-refractivity contribution in [2.24, 2.45) is 17.6 Å². The van der Waals surface area contributed by atoms with Crippen LogP contribution in [0.5, 0.6) is 0 Å². The smallest absolute Gasteiger partial charge is 0.237 e. The van der Waals surface area contributed by atoms with Crippen LogP contribution < -0.4 is 11.1 Å². The molecule has 1 heterocycles. The standard InChI is InChI=1S/C15H31N3O/c1-4-13(3)14(16)15(19)17-8-5-9-18-10-6-12(2)7-11-18/h12-14H,4-11,16H2,1-3H3,(H,17,19). The maximum atomic E-state index is 11.8. The fourth-order valence-electron chi connectivity index (χ4n) is 2.43. The summed E-state index contributed by atoms with van der Waals surface area (Å²) in [4.78, 5) is 14.3. The van der Waals surface area contributed by atoms with E-state index in [1.54, 1.807) is 0 Å². The van der Waals surface area contributed by atoms with Gasteiger partial charge in [-0.1, -0.05) is 27.2 Å². The van der Waals surface area contributed by atoms with Crippen LogP contribution in [-0.4, -0.2) is 43.0 Å². The fourth-order valence-corrected chi connectivity index (χ4v) is 2.43. The number of hydrogen-bond donors (Lipinski definition) is 2. The first-order valence-electron chi connectivity index (χ1n) is 7.80. The lowest BCUT2D eigenvalue weighted by Crippen LogP contribution is -2.45. The van der Waals surface area contributed by atoms with Gasteiger partial charge in [0.05, 0.1) is 6.04 Å². The monoisotopic (exact) mass is 269 g/mol. The molecule has 2 atom stereocenters. The molecular formula is C15H31N3O. The van der Waals surface area contributed by atoms with Crippen LogP contribution in [0.15, 0.2) is 0 Å². The summed E-state index contributed by atoms with van der Waals surface area (Å²) in [6, 6.07) is -0.360. The predicted molar refractivity (Wildman–Crippen MR) is 79.9 cm³/mol. The van der Waals surface area contributed by atoms with E-state index in [0.717, 1.165) is 31.8 Å². The molecule has 0 bridgehead atoms. The molecule has 2 unspecified atom stereocenters. The largest absolute Gasteiger partial charge is 0.355 e. The van der Waals surface area contributed by atoms with Crippen molar-refractivity contribution in [1.82, 2.24) is 10.2 Å². The predicted octanol–water partition coefficient (Wildman–Crippen LogP) is 1.60. The zero-order chi connectivity index (χ0) is 14.3. The van der Waals surface area contributed by atoms with Crippen molar-refractivity contribution in [3.8, 4) is 0 Å². The van der Waals surface area contributed by atoms with Crippen molar-refractivity contribution in [1.29, 1.82) is 0 Å². The van der Waals surface area contributed by atoms with E-state index in [2.05, 4.69) is 24.1 Å². The Kier molecular flexibility index (Phi) is 7.39. The van der Waals surface area contributed by atoms with Gasteiger partial charge < -0.3 is 16.0 Å². The van der Waals surface area contributed by atoms with Crippen LogP contribution in [0.3, 0.4) is 0 Å². The first-order chi connectivity index (χ1) is 9.04. The molecule has 3 N–H and O–H groups in total. The maximum Gasteiger partial charge on any atom is 0.237 e. The molecule has 0 aromatic rings. The van der Waals surface area contributed by atoms with Gasteiger partial charge in [0.15, 0.2) is 0 Å². The molecule has 0 aromatic heterocycles. The Balaban J connectivity index is 2.08. The van der Waals surface area contributed by atoms with Gasteiger partial charge in [-0.15, -0.1) is 0 Å². The maximum absolute atomic E-state index is 11.8. The van der Waals surface area contributed by atoms with Crippen LogP contribution in [0.25, 0.3) is 0 Å². The molecule has 1 saturated heterocycles. The highest BCUT2D eigenvalue weighted by molar-refractivity contribution is 5.81. The summed E-state index contributed by atoms with van der Waals surface area (Å²) in [5.41, 5.74) is 5.89. The van der Waals surface area contributed by atoms with Crippen LogP contribution in [0.4, 0.5) is 0 Å². The summed E-state index contributed by atoms with van der Waals surface area (Å²) < 4.78 is 0. The molecular weight excluding hydrogens is 238 g/mol. The minimum Gasteiger partial charge on any atom is -0.355 e. The summed E-state index contributed by atoms with van der Waals surface area (Å²) >= 11 is 0. The Hall–Kier alpha value is -0.610. The first kappa shape index (κ1) is 16.4. The zero-order valence-electron chi connectivity index (χ0n) is 12.8. The fraction of sp³-hybridized carbons (Fsp3) is 0.933. The summed E-state index contributed by atoms with van der Waals surface area (Å²) in [5.74, 6) is 1.13. The number of piperidine rings is 1.